The van der Waals surface area contributed by atoms with Gasteiger partial charge in [0, 0.05) is 18.5 Å². The molecule has 1 fully saturated rings. The normalized spacial score (nSPS) is 21.9. The Morgan fingerprint density at radius 2 is 2.10 bits per heavy atom. The van der Waals surface area contributed by atoms with Crippen molar-refractivity contribution in [1.82, 2.24) is 10.1 Å². The molecule has 1 aromatic rings. The van der Waals surface area contributed by atoms with Crippen molar-refractivity contribution in [3.63, 3.8) is 0 Å². The fraction of sp³-hybridized carbons (Fsp3) is 0.800. The summed E-state index contributed by atoms with van der Waals surface area (Å²) in [6.45, 7) is 8.05. The number of aliphatic hydroxyl groups is 1. The van der Waals surface area contributed by atoms with Gasteiger partial charge in [-0.2, -0.15) is 0 Å². The Hall–Kier alpha value is -0.910. The molecular weight excluding hydrogens is 256 g/mol. The zero-order chi connectivity index (χ0) is 14.2. The van der Waals surface area contributed by atoms with Gasteiger partial charge in [-0.1, -0.05) is 5.16 Å². The van der Waals surface area contributed by atoms with Crippen LogP contribution in [0.15, 0.2) is 4.52 Å². The number of nitrogens with zero attached hydrogens (tertiary/aromatic N) is 2. The third-order valence-corrected chi connectivity index (χ3v) is 4.63. The molecule has 0 radical (unpaired) electrons. The highest BCUT2D eigenvalue weighted by atomic mass is 16.5. The van der Waals surface area contributed by atoms with Crippen molar-refractivity contribution in [2.75, 3.05) is 19.7 Å². The van der Waals surface area contributed by atoms with Gasteiger partial charge in [-0.05, 0) is 45.7 Å². The largest absolute Gasteiger partial charge is 0.390 e. The van der Waals surface area contributed by atoms with Crippen molar-refractivity contribution < 1.29 is 14.4 Å². The number of hydrogen-bond acceptors (Lipinski definition) is 5. The monoisotopic (exact) mass is 280 g/mol. The number of rotatable bonds is 3. The van der Waals surface area contributed by atoms with Gasteiger partial charge in [-0.15, -0.1) is 0 Å². The van der Waals surface area contributed by atoms with Crippen LogP contribution in [0.2, 0.25) is 0 Å². The molecule has 20 heavy (non-hydrogen) atoms. The molecule has 1 N–H and O–H groups in total. The van der Waals surface area contributed by atoms with Gasteiger partial charge < -0.3 is 14.4 Å². The molecule has 2 aliphatic heterocycles. The van der Waals surface area contributed by atoms with Crippen LogP contribution in [0.1, 0.15) is 43.7 Å². The van der Waals surface area contributed by atoms with Crippen molar-refractivity contribution in [3.8, 4) is 0 Å². The lowest BCUT2D eigenvalue weighted by atomic mass is 9.83. The molecule has 3 heterocycles. The number of hydrogen-bond donors (Lipinski definition) is 1. The molecule has 0 aliphatic carbocycles. The quantitative estimate of drug-likeness (QED) is 0.913. The van der Waals surface area contributed by atoms with E-state index in [0.717, 1.165) is 62.5 Å². The van der Waals surface area contributed by atoms with Crippen LogP contribution < -0.4 is 0 Å². The summed E-state index contributed by atoms with van der Waals surface area (Å²) in [7, 11) is 0. The average Bonchev–Trinajstić information content (AvgIpc) is 2.82. The lowest BCUT2D eigenvalue weighted by molar-refractivity contribution is -0.0139. The second kappa shape index (κ2) is 5.47. The van der Waals surface area contributed by atoms with Gasteiger partial charge in [0.1, 0.15) is 11.5 Å². The Kier molecular flexibility index (Phi) is 3.84. The fourth-order valence-corrected chi connectivity index (χ4v) is 3.21. The van der Waals surface area contributed by atoms with E-state index in [1.807, 2.05) is 13.8 Å². The first-order chi connectivity index (χ1) is 9.54. The first-order valence-electron chi connectivity index (χ1n) is 7.53. The summed E-state index contributed by atoms with van der Waals surface area (Å²) < 4.78 is 10.9. The molecule has 2 aliphatic rings. The smallest absolute Gasteiger partial charge is 0.144 e. The molecule has 3 rings (SSSR count). The zero-order valence-electron chi connectivity index (χ0n) is 12.4. The van der Waals surface area contributed by atoms with Crippen molar-refractivity contribution in [1.29, 1.82) is 0 Å². The SMILES string of the molecule is CC(C)(O)C1CCN(Cc2noc3c2COCC3)CC1. The standard InChI is InChI=1S/C15H24N2O3/c1-15(2,18)11-3-6-17(7-4-11)9-13-12-10-19-8-5-14(12)20-16-13/h11,18H,3-10H2,1-2H3. The maximum Gasteiger partial charge on any atom is 0.144 e. The first-order valence-corrected chi connectivity index (χ1v) is 7.53. The van der Waals surface area contributed by atoms with E-state index in [1.165, 1.54) is 0 Å². The molecule has 5 heteroatoms. The van der Waals surface area contributed by atoms with Gasteiger partial charge in [0.25, 0.3) is 0 Å². The Morgan fingerprint density at radius 3 is 2.80 bits per heavy atom. The summed E-state index contributed by atoms with van der Waals surface area (Å²) in [5.74, 6) is 1.39. The van der Waals surface area contributed by atoms with Crippen LogP contribution in [0.25, 0.3) is 0 Å². The van der Waals surface area contributed by atoms with E-state index in [4.69, 9.17) is 9.26 Å². The van der Waals surface area contributed by atoms with Crippen molar-refractivity contribution >= 4 is 0 Å². The molecule has 0 unspecified atom stereocenters. The van der Waals surface area contributed by atoms with E-state index in [2.05, 4.69) is 10.1 Å². The van der Waals surface area contributed by atoms with E-state index in [1.54, 1.807) is 0 Å². The molecule has 0 aromatic carbocycles. The number of aromatic nitrogens is 1. The van der Waals surface area contributed by atoms with Gasteiger partial charge in [-0.3, -0.25) is 4.90 Å². The molecule has 5 nitrogen and oxygen atoms in total. The van der Waals surface area contributed by atoms with Crippen molar-refractivity contribution in [3.05, 3.63) is 17.0 Å². The van der Waals surface area contributed by atoms with Crippen LogP contribution >= 0.6 is 0 Å². The van der Waals surface area contributed by atoms with Crippen molar-refractivity contribution in [2.45, 2.75) is 51.9 Å². The Morgan fingerprint density at radius 1 is 1.35 bits per heavy atom. The summed E-state index contributed by atoms with van der Waals surface area (Å²) in [6, 6.07) is 0. The third kappa shape index (κ3) is 2.90. The van der Waals surface area contributed by atoms with Crippen LogP contribution in [-0.4, -0.2) is 40.5 Å². The number of ether oxygens (including phenoxy) is 1. The van der Waals surface area contributed by atoms with Gasteiger partial charge in [0.05, 0.1) is 18.8 Å². The molecule has 0 atom stereocenters. The van der Waals surface area contributed by atoms with Crippen LogP contribution in [0, 0.1) is 5.92 Å². The van der Waals surface area contributed by atoms with Crippen LogP contribution in [0.5, 0.6) is 0 Å². The van der Waals surface area contributed by atoms with Crippen LogP contribution in [0.4, 0.5) is 0 Å². The molecule has 0 saturated carbocycles. The number of likely N-dealkylation sites (tertiary alicyclic amines) is 1. The highest BCUT2D eigenvalue weighted by Gasteiger charge is 2.31. The Bertz CT molecular complexity index is 456. The topological polar surface area (TPSA) is 58.7 Å². The molecule has 0 amide bonds. The van der Waals surface area contributed by atoms with Crippen LogP contribution in [-0.2, 0) is 24.3 Å². The summed E-state index contributed by atoms with van der Waals surface area (Å²) in [6.07, 6.45) is 2.92. The molecule has 0 bridgehead atoms. The first kappa shape index (κ1) is 14.0. The molecule has 1 aromatic heterocycles. The molecule has 112 valence electrons. The highest BCUT2D eigenvalue weighted by Crippen LogP contribution is 2.29. The predicted molar refractivity (Wildman–Crippen MR) is 74.2 cm³/mol. The summed E-state index contributed by atoms with van der Waals surface area (Å²) >= 11 is 0. The van der Waals surface area contributed by atoms with Crippen molar-refractivity contribution in [2.24, 2.45) is 5.92 Å². The second-order valence-corrected chi connectivity index (χ2v) is 6.54. The summed E-state index contributed by atoms with van der Waals surface area (Å²) in [4.78, 5) is 2.40. The lowest BCUT2D eigenvalue weighted by Gasteiger charge is -2.37. The van der Waals surface area contributed by atoms with E-state index in [0.29, 0.717) is 12.5 Å². The maximum atomic E-state index is 10.1. The average molecular weight is 280 g/mol. The fourth-order valence-electron chi connectivity index (χ4n) is 3.21. The van der Waals surface area contributed by atoms with E-state index in [-0.39, 0.29) is 0 Å². The van der Waals surface area contributed by atoms with E-state index in [9.17, 15) is 5.11 Å². The predicted octanol–water partition coefficient (Wildman–Crippen LogP) is 1.73. The Balaban J connectivity index is 1.59. The molecular formula is C15H24N2O3. The summed E-state index contributed by atoms with van der Waals surface area (Å²) in [5.41, 5.74) is 1.62. The molecule has 1 saturated heterocycles. The zero-order valence-corrected chi connectivity index (χ0v) is 12.4. The molecule has 0 spiro atoms. The third-order valence-electron chi connectivity index (χ3n) is 4.63. The van der Waals surface area contributed by atoms with Gasteiger partial charge in [0.15, 0.2) is 0 Å². The highest BCUT2D eigenvalue weighted by molar-refractivity contribution is 5.23. The maximum absolute atomic E-state index is 10.1. The minimum atomic E-state index is -0.563. The number of fused-ring (bicyclic) bond motifs is 1. The van der Waals surface area contributed by atoms with Crippen LogP contribution in [0.3, 0.4) is 0 Å². The van der Waals surface area contributed by atoms with Gasteiger partial charge in [-0.25, -0.2) is 0 Å². The summed E-state index contributed by atoms with van der Waals surface area (Å²) in [5, 5.41) is 14.3. The lowest BCUT2D eigenvalue weighted by Crippen LogP contribution is -2.41. The second-order valence-electron chi connectivity index (χ2n) is 6.54. The Labute approximate surface area is 119 Å². The van der Waals surface area contributed by atoms with Gasteiger partial charge in [0.2, 0.25) is 0 Å². The minimum Gasteiger partial charge on any atom is -0.390 e. The van der Waals surface area contributed by atoms with Gasteiger partial charge >= 0.3 is 0 Å². The van der Waals surface area contributed by atoms with E-state index < -0.39 is 5.60 Å². The number of piperidine rings is 1. The minimum absolute atomic E-state index is 0.397. The van der Waals surface area contributed by atoms with E-state index >= 15 is 0 Å².